The van der Waals surface area contributed by atoms with E-state index < -0.39 is 10.0 Å². The zero-order chi connectivity index (χ0) is 25.9. The third-order valence-corrected chi connectivity index (χ3v) is 9.27. The lowest BCUT2D eigenvalue weighted by Gasteiger charge is -2.24. The zero-order valence-electron chi connectivity index (χ0n) is 20.7. The van der Waals surface area contributed by atoms with Gasteiger partial charge in [-0.3, -0.25) is 19.0 Å². The van der Waals surface area contributed by atoms with Gasteiger partial charge in [-0.15, -0.1) is 0 Å². The fourth-order valence-corrected chi connectivity index (χ4v) is 7.04. The molecule has 36 heavy (non-hydrogen) atoms. The quantitative estimate of drug-likeness (QED) is 0.482. The first-order valence-electron chi connectivity index (χ1n) is 11.7. The van der Waals surface area contributed by atoms with Crippen LogP contribution in [0.2, 0.25) is 0 Å². The average molecular weight is 529 g/mol. The first-order chi connectivity index (χ1) is 16.9. The zero-order valence-corrected chi connectivity index (χ0v) is 22.4. The Morgan fingerprint density at radius 2 is 1.94 bits per heavy atom. The summed E-state index contributed by atoms with van der Waals surface area (Å²) in [7, 11) is -2.35. The maximum atomic E-state index is 13.5. The monoisotopic (exact) mass is 528 g/mol. The normalized spacial score (nSPS) is 16.2. The van der Waals surface area contributed by atoms with Gasteiger partial charge in [0.25, 0.3) is 15.9 Å². The van der Waals surface area contributed by atoms with Gasteiger partial charge in [-0.2, -0.15) is 5.10 Å². The Bertz CT molecular complexity index is 1500. The van der Waals surface area contributed by atoms with E-state index in [2.05, 4.69) is 27.0 Å². The molecule has 0 bridgehead atoms. The highest BCUT2D eigenvalue weighted by Crippen LogP contribution is 2.43. The lowest BCUT2D eigenvalue weighted by atomic mass is 10.0. The summed E-state index contributed by atoms with van der Waals surface area (Å²) in [4.78, 5) is 32.2. The van der Waals surface area contributed by atoms with Gasteiger partial charge in [0.2, 0.25) is 5.91 Å². The summed E-state index contributed by atoms with van der Waals surface area (Å²) in [5, 5.41) is 7.32. The number of amides is 2. The van der Waals surface area contributed by atoms with E-state index in [1.54, 1.807) is 20.0 Å². The van der Waals surface area contributed by atoms with Crippen molar-refractivity contribution < 1.29 is 18.0 Å². The van der Waals surface area contributed by atoms with Gasteiger partial charge in [-0.1, -0.05) is 11.3 Å². The van der Waals surface area contributed by atoms with E-state index in [0.29, 0.717) is 34.5 Å². The second kappa shape index (κ2) is 8.70. The number of hydrogen-bond acceptors (Lipinski definition) is 7. The second-order valence-electron chi connectivity index (χ2n) is 9.54. The van der Waals surface area contributed by atoms with E-state index in [4.69, 9.17) is 0 Å². The minimum absolute atomic E-state index is 0.0553. The van der Waals surface area contributed by atoms with Gasteiger partial charge in [0.1, 0.15) is 4.90 Å². The van der Waals surface area contributed by atoms with Gasteiger partial charge < -0.3 is 10.2 Å². The highest BCUT2D eigenvalue weighted by Gasteiger charge is 2.40. The smallest absolute Gasteiger partial charge is 0.265 e. The molecule has 0 spiro atoms. The van der Waals surface area contributed by atoms with Crippen LogP contribution in [0.1, 0.15) is 54.0 Å². The Morgan fingerprint density at radius 3 is 2.56 bits per heavy atom. The highest BCUT2D eigenvalue weighted by atomic mass is 32.2. The number of rotatable bonds is 7. The molecule has 0 radical (unpaired) electrons. The molecule has 5 rings (SSSR count). The Kier molecular flexibility index (Phi) is 5.91. The van der Waals surface area contributed by atoms with Gasteiger partial charge >= 0.3 is 0 Å². The van der Waals surface area contributed by atoms with Crippen molar-refractivity contribution in [2.45, 2.75) is 58.0 Å². The second-order valence-corrected chi connectivity index (χ2v) is 12.2. The molecule has 2 aliphatic rings. The molecule has 1 saturated carbocycles. The summed E-state index contributed by atoms with van der Waals surface area (Å²) in [6.07, 6.45) is 3.63. The standard InChI is InChI=1S/C24H28N6O4S2/c1-12-20(11-29(5)27-12)36(33,34)28-19-9-17(22-13(2)25-24(35-22)26-15(4)31)8-18-10-30(23(32)21(18)19)14(3)16-6-7-16/h8-9,11,14,16,28H,6-7,10H2,1-5H3,(H,25,26,31). The molecule has 1 aliphatic carbocycles. The number of thiazole rings is 1. The third kappa shape index (κ3) is 4.39. The SMILES string of the molecule is CC(=O)Nc1nc(C)c(-c2cc3c(c(NS(=O)(=O)c4cn(C)nc4C)c2)C(=O)N(C(C)C2CC2)C3)s1. The van der Waals surface area contributed by atoms with Crippen molar-refractivity contribution >= 4 is 44.0 Å². The van der Waals surface area contributed by atoms with Crippen molar-refractivity contribution in [3.63, 3.8) is 0 Å². The summed E-state index contributed by atoms with van der Waals surface area (Å²) in [5.41, 5.74) is 3.17. The van der Waals surface area contributed by atoms with E-state index in [9.17, 15) is 18.0 Å². The molecule has 1 aromatic carbocycles. The van der Waals surface area contributed by atoms with Crippen molar-refractivity contribution in [1.29, 1.82) is 0 Å². The number of nitrogens with one attached hydrogen (secondary N) is 2. The number of fused-ring (bicyclic) bond motifs is 1. The van der Waals surface area contributed by atoms with Gasteiger partial charge in [-0.05, 0) is 62.8 Å². The first kappa shape index (κ1) is 24.4. The van der Waals surface area contributed by atoms with Crippen molar-refractivity contribution in [3.05, 3.63) is 40.8 Å². The van der Waals surface area contributed by atoms with Crippen LogP contribution in [0.4, 0.5) is 10.8 Å². The van der Waals surface area contributed by atoms with Crippen molar-refractivity contribution in [2.75, 3.05) is 10.0 Å². The summed E-state index contributed by atoms with van der Waals surface area (Å²) in [6.45, 7) is 7.35. The minimum atomic E-state index is -4.00. The van der Waals surface area contributed by atoms with E-state index >= 15 is 0 Å². The summed E-state index contributed by atoms with van der Waals surface area (Å²) in [5.74, 6) is 0.0845. The van der Waals surface area contributed by atoms with Crippen molar-refractivity contribution in [2.24, 2.45) is 13.0 Å². The molecule has 1 aliphatic heterocycles. The minimum Gasteiger partial charge on any atom is -0.331 e. The van der Waals surface area contributed by atoms with Crippen LogP contribution < -0.4 is 10.0 Å². The lowest BCUT2D eigenvalue weighted by molar-refractivity contribution is -0.114. The Morgan fingerprint density at radius 1 is 1.22 bits per heavy atom. The van der Waals surface area contributed by atoms with Crippen LogP contribution in [0.5, 0.6) is 0 Å². The summed E-state index contributed by atoms with van der Waals surface area (Å²) < 4.78 is 30.9. The van der Waals surface area contributed by atoms with Crippen molar-refractivity contribution in [3.8, 4) is 10.4 Å². The van der Waals surface area contributed by atoms with Crippen LogP contribution >= 0.6 is 11.3 Å². The molecule has 1 fully saturated rings. The predicted molar refractivity (Wildman–Crippen MR) is 137 cm³/mol. The number of anilines is 2. The maximum Gasteiger partial charge on any atom is 0.265 e. The molecule has 190 valence electrons. The highest BCUT2D eigenvalue weighted by molar-refractivity contribution is 7.92. The number of aromatic nitrogens is 3. The van der Waals surface area contributed by atoms with Gasteiger partial charge in [-0.25, -0.2) is 13.4 Å². The number of sulfonamides is 1. The predicted octanol–water partition coefficient (Wildman–Crippen LogP) is 3.67. The molecule has 3 aromatic rings. The average Bonchev–Trinajstić information content (AvgIpc) is 3.37. The van der Waals surface area contributed by atoms with Crippen LogP contribution in [0.25, 0.3) is 10.4 Å². The van der Waals surface area contributed by atoms with E-state index in [1.807, 2.05) is 17.9 Å². The summed E-state index contributed by atoms with van der Waals surface area (Å²) in [6, 6.07) is 3.69. The molecule has 3 heterocycles. The van der Waals surface area contributed by atoms with Crippen LogP contribution in [-0.4, -0.2) is 45.9 Å². The number of carbonyl (C=O) groups is 2. The molecule has 1 atom stereocenters. The van der Waals surface area contributed by atoms with E-state index in [-0.39, 0.29) is 28.4 Å². The number of aryl methyl sites for hydroxylation is 3. The largest absolute Gasteiger partial charge is 0.331 e. The van der Waals surface area contributed by atoms with Gasteiger partial charge in [0, 0.05) is 32.8 Å². The Hall–Kier alpha value is -3.25. The molecule has 1 unspecified atom stereocenters. The number of nitrogens with zero attached hydrogens (tertiary/aromatic N) is 4. The van der Waals surface area contributed by atoms with Crippen LogP contribution in [0.3, 0.4) is 0 Å². The van der Waals surface area contributed by atoms with Crippen molar-refractivity contribution in [1.82, 2.24) is 19.7 Å². The van der Waals surface area contributed by atoms with E-state index in [0.717, 1.165) is 28.8 Å². The molecular weight excluding hydrogens is 500 g/mol. The maximum absolute atomic E-state index is 13.5. The van der Waals surface area contributed by atoms with Gasteiger partial charge in [0.15, 0.2) is 5.13 Å². The summed E-state index contributed by atoms with van der Waals surface area (Å²) >= 11 is 1.31. The van der Waals surface area contributed by atoms with Gasteiger partial charge in [0.05, 0.1) is 27.5 Å². The fourth-order valence-electron chi connectivity index (χ4n) is 4.76. The molecule has 10 nitrogen and oxygen atoms in total. The van der Waals surface area contributed by atoms with Crippen LogP contribution in [0.15, 0.2) is 23.2 Å². The molecule has 12 heteroatoms. The Labute approximate surface area is 213 Å². The first-order valence-corrected chi connectivity index (χ1v) is 14.0. The lowest BCUT2D eigenvalue weighted by Crippen LogP contribution is -2.34. The number of carbonyl (C=O) groups excluding carboxylic acids is 2. The van der Waals surface area contributed by atoms with Crippen LogP contribution in [0, 0.1) is 19.8 Å². The fraction of sp³-hybridized carbons (Fsp3) is 0.417. The molecular formula is C24H28N6O4S2. The van der Waals surface area contributed by atoms with E-state index in [1.165, 1.54) is 29.1 Å². The topological polar surface area (TPSA) is 126 Å². The number of hydrogen-bond donors (Lipinski definition) is 2. The molecule has 2 N–H and O–H groups in total. The molecule has 0 saturated heterocycles. The molecule has 2 amide bonds. The van der Waals surface area contributed by atoms with Crippen LogP contribution in [-0.2, 0) is 28.4 Å². The third-order valence-electron chi connectivity index (χ3n) is 6.68. The number of benzene rings is 1. The Balaban J connectivity index is 1.61. The molecule has 2 aromatic heterocycles.